The normalized spacial score (nSPS) is 14.4. The monoisotopic (exact) mass is 385 g/mol. The molecule has 8 heteroatoms. The number of anilines is 1. The Morgan fingerprint density at radius 1 is 1.11 bits per heavy atom. The topological polar surface area (TPSA) is 85.4 Å². The van der Waals surface area contributed by atoms with Crippen molar-refractivity contribution in [1.29, 1.82) is 0 Å². The van der Waals surface area contributed by atoms with Crippen LogP contribution in [-0.4, -0.2) is 42.2 Å². The van der Waals surface area contributed by atoms with Crippen molar-refractivity contribution in [3.05, 3.63) is 63.9 Å². The van der Waals surface area contributed by atoms with Crippen molar-refractivity contribution < 1.29 is 18.7 Å². The van der Waals surface area contributed by atoms with E-state index >= 15 is 4.39 Å². The number of benzene rings is 2. The Balaban J connectivity index is 2.07. The Morgan fingerprint density at radius 2 is 1.79 bits per heavy atom. The zero-order valence-electron chi connectivity index (χ0n) is 14.8. The average molecular weight is 385 g/mol. The average Bonchev–Trinajstić information content (AvgIpc) is 2.69. The van der Waals surface area contributed by atoms with Crippen molar-refractivity contribution in [2.75, 3.05) is 31.1 Å². The molecule has 3 aromatic rings. The molecule has 6 nitrogen and oxygen atoms in total. The van der Waals surface area contributed by atoms with Crippen LogP contribution in [-0.2, 0) is 0 Å². The Hall–Kier alpha value is -3.26. The maximum absolute atomic E-state index is 15.2. The Bertz CT molecular complexity index is 1120. The number of fused-ring (bicyclic) bond motifs is 1. The number of piperazine rings is 1. The van der Waals surface area contributed by atoms with Gasteiger partial charge in [-0.2, -0.15) is 0 Å². The molecule has 1 aliphatic heterocycles. The number of aromatic carboxylic acids is 1. The van der Waals surface area contributed by atoms with Crippen LogP contribution in [0.4, 0.5) is 14.5 Å². The van der Waals surface area contributed by atoms with Gasteiger partial charge in [-0.05, 0) is 23.8 Å². The van der Waals surface area contributed by atoms with Crippen LogP contribution < -0.4 is 15.6 Å². The van der Waals surface area contributed by atoms with Crippen LogP contribution in [0.2, 0.25) is 0 Å². The van der Waals surface area contributed by atoms with Gasteiger partial charge in [-0.1, -0.05) is 12.1 Å². The molecule has 1 aliphatic rings. The minimum absolute atomic E-state index is 0.0596. The number of aromatic amines is 1. The predicted octanol–water partition coefficient (Wildman–Crippen LogP) is 2.58. The quantitative estimate of drug-likeness (QED) is 0.645. The molecule has 1 fully saturated rings. The Kier molecular flexibility index (Phi) is 4.56. The number of halogens is 2. The third-order valence-electron chi connectivity index (χ3n) is 4.90. The summed E-state index contributed by atoms with van der Waals surface area (Å²) in [7, 11) is 0. The van der Waals surface area contributed by atoms with Gasteiger partial charge in [0.25, 0.3) is 0 Å². The number of carboxylic acid groups (broad SMARTS) is 1. The standard InChI is InChI=1S/C20H17F2N3O3/c21-12-3-1-11(2-4-12)16-17-13(19(26)14(10-24-17)20(27)28)9-15(22)18(16)25-7-5-23-6-8-25/h1-4,9-10,23H,5-8H2,(H,24,26)(H,27,28). The molecule has 0 atom stereocenters. The number of nitrogens with one attached hydrogen (secondary N) is 2. The van der Waals surface area contributed by atoms with Gasteiger partial charge in [-0.15, -0.1) is 0 Å². The molecule has 0 aliphatic carbocycles. The second kappa shape index (κ2) is 7.05. The fourth-order valence-electron chi connectivity index (χ4n) is 3.58. The maximum atomic E-state index is 15.2. The molecule has 0 amide bonds. The van der Waals surface area contributed by atoms with Crippen molar-refractivity contribution in [2.45, 2.75) is 0 Å². The Morgan fingerprint density at radius 3 is 2.43 bits per heavy atom. The van der Waals surface area contributed by atoms with Crippen molar-refractivity contribution in [2.24, 2.45) is 0 Å². The Labute approximate surface area is 158 Å². The third-order valence-corrected chi connectivity index (χ3v) is 4.90. The summed E-state index contributed by atoms with van der Waals surface area (Å²) in [4.78, 5) is 28.6. The summed E-state index contributed by atoms with van der Waals surface area (Å²) in [6, 6.07) is 6.62. The van der Waals surface area contributed by atoms with E-state index in [2.05, 4.69) is 10.3 Å². The summed E-state index contributed by atoms with van der Waals surface area (Å²) >= 11 is 0. The maximum Gasteiger partial charge on any atom is 0.341 e. The fourth-order valence-corrected chi connectivity index (χ4v) is 3.58. The van der Waals surface area contributed by atoms with E-state index in [0.29, 0.717) is 48.5 Å². The number of hydrogen-bond acceptors (Lipinski definition) is 4. The van der Waals surface area contributed by atoms with Gasteiger partial charge in [0.05, 0.1) is 16.6 Å². The largest absolute Gasteiger partial charge is 0.477 e. The minimum atomic E-state index is -1.39. The van der Waals surface area contributed by atoms with Gasteiger partial charge in [0.1, 0.15) is 17.2 Å². The van der Waals surface area contributed by atoms with Crippen molar-refractivity contribution in [3.8, 4) is 11.1 Å². The van der Waals surface area contributed by atoms with Gasteiger partial charge < -0.3 is 20.3 Å². The van der Waals surface area contributed by atoms with Gasteiger partial charge >= 0.3 is 5.97 Å². The summed E-state index contributed by atoms with van der Waals surface area (Å²) in [5.41, 5.74) is 0.322. The van der Waals surface area contributed by atoms with E-state index in [-0.39, 0.29) is 5.39 Å². The van der Waals surface area contributed by atoms with Gasteiger partial charge in [0.15, 0.2) is 0 Å². The number of carbonyl (C=O) groups is 1. The smallest absolute Gasteiger partial charge is 0.341 e. The zero-order chi connectivity index (χ0) is 19.8. The van der Waals surface area contributed by atoms with Crippen LogP contribution in [0.5, 0.6) is 0 Å². The number of nitrogens with zero attached hydrogens (tertiary/aromatic N) is 1. The number of hydrogen-bond donors (Lipinski definition) is 3. The lowest BCUT2D eigenvalue weighted by Gasteiger charge is -2.32. The number of H-pyrrole nitrogens is 1. The van der Waals surface area contributed by atoms with Crippen molar-refractivity contribution >= 4 is 22.6 Å². The summed E-state index contributed by atoms with van der Waals surface area (Å²) in [6.45, 7) is 2.48. The van der Waals surface area contributed by atoms with Crippen molar-refractivity contribution in [1.82, 2.24) is 10.3 Å². The molecule has 1 aromatic heterocycles. The van der Waals surface area contributed by atoms with Crippen LogP contribution in [0.15, 0.2) is 41.3 Å². The molecule has 0 unspecified atom stereocenters. The number of rotatable bonds is 3. The lowest BCUT2D eigenvalue weighted by atomic mass is 9.97. The van der Waals surface area contributed by atoms with Gasteiger partial charge in [0, 0.05) is 37.9 Å². The first-order valence-electron chi connectivity index (χ1n) is 8.80. The van der Waals surface area contributed by atoms with Gasteiger partial charge in [0.2, 0.25) is 5.43 Å². The van der Waals surface area contributed by atoms with Crippen LogP contribution in [0.3, 0.4) is 0 Å². The minimum Gasteiger partial charge on any atom is -0.477 e. The molecule has 1 saturated heterocycles. The number of pyridine rings is 1. The SMILES string of the molecule is O=C(O)c1c[nH]c2c(-c3ccc(F)cc3)c(N3CCNCC3)c(F)cc2c1=O. The van der Waals surface area contributed by atoms with E-state index in [0.717, 1.165) is 12.3 Å². The summed E-state index contributed by atoms with van der Waals surface area (Å²) in [5, 5.41) is 12.3. The van der Waals surface area contributed by atoms with Crippen LogP contribution in [0.1, 0.15) is 10.4 Å². The van der Waals surface area contributed by atoms with E-state index in [1.54, 1.807) is 0 Å². The first kappa shape index (κ1) is 18.1. The molecular formula is C20H17F2N3O3. The molecule has 2 heterocycles. The second-order valence-corrected chi connectivity index (χ2v) is 6.59. The van der Waals surface area contributed by atoms with Gasteiger partial charge in [-0.25, -0.2) is 13.6 Å². The lowest BCUT2D eigenvalue weighted by molar-refractivity contribution is 0.0695. The highest BCUT2D eigenvalue weighted by Gasteiger charge is 2.24. The van der Waals surface area contributed by atoms with Crippen LogP contribution in [0, 0.1) is 11.6 Å². The van der Waals surface area contributed by atoms with E-state index in [4.69, 9.17) is 0 Å². The fraction of sp³-hybridized carbons (Fsp3) is 0.200. The first-order valence-corrected chi connectivity index (χ1v) is 8.80. The molecule has 0 saturated carbocycles. The predicted molar refractivity (Wildman–Crippen MR) is 102 cm³/mol. The molecule has 0 bridgehead atoms. The van der Waals surface area contributed by atoms with E-state index in [1.807, 2.05) is 4.90 Å². The van der Waals surface area contributed by atoms with E-state index in [9.17, 15) is 19.1 Å². The zero-order valence-corrected chi connectivity index (χ0v) is 14.8. The molecule has 3 N–H and O–H groups in total. The highest BCUT2D eigenvalue weighted by molar-refractivity contribution is 6.03. The third kappa shape index (κ3) is 3.01. The van der Waals surface area contributed by atoms with Crippen LogP contribution >= 0.6 is 0 Å². The van der Waals surface area contributed by atoms with Crippen molar-refractivity contribution in [3.63, 3.8) is 0 Å². The highest BCUT2D eigenvalue weighted by Crippen LogP contribution is 2.38. The van der Waals surface area contributed by atoms with E-state index < -0.39 is 28.6 Å². The summed E-state index contributed by atoms with van der Waals surface area (Å²) in [5.74, 6) is -2.45. The molecule has 2 aromatic carbocycles. The lowest BCUT2D eigenvalue weighted by Crippen LogP contribution is -2.44. The number of carboxylic acids is 1. The molecule has 144 valence electrons. The molecule has 0 spiro atoms. The van der Waals surface area contributed by atoms with Gasteiger partial charge in [-0.3, -0.25) is 4.79 Å². The highest BCUT2D eigenvalue weighted by atomic mass is 19.1. The molecule has 0 radical (unpaired) electrons. The van der Waals surface area contributed by atoms with E-state index in [1.165, 1.54) is 24.3 Å². The molecular weight excluding hydrogens is 368 g/mol. The molecule has 4 rings (SSSR count). The second-order valence-electron chi connectivity index (χ2n) is 6.59. The van der Waals surface area contributed by atoms with Crippen LogP contribution in [0.25, 0.3) is 22.0 Å². The summed E-state index contributed by atoms with van der Waals surface area (Å²) < 4.78 is 28.6. The summed E-state index contributed by atoms with van der Waals surface area (Å²) in [6.07, 6.45) is 1.11. The molecule has 28 heavy (non-hydrogen) atoms. The number of aromatic nitrogens is 1. The first-order chi connectivity index (χ1) is 13.5.